The summed E-state index contributed by atoms with van der Waals surface area (Å²) in [6, 6.07) is 3.21. The van der Waals surface area contributed by atoms with Crippen molar-refractivity contribution in [2.75, 3.05) is 5.32 Å². The Morgan fingerprint density at radius 2 is 2.29 bits per heavy atom. The summed E-state index contributed by atoms with van der Waals surface area (Å²) >= 11 is 0. The summed E-state index contributed by atoms with van der Waals surface area (Å²) in [5.74, 6) is 0. The fraction of sp³-hybridized carbons (Fsp3) is 0.111. The summed E-state index contributed by atoms with van der Waals surface area (Å²) in [6.07, 6.45) is 5.02. The molecule has 2 rings (SSSR count). The first kappa shape index (κ1) is 8.55. The first-order valence-corrected chi connectivity index (χ1v) is 4.24. The minimum atomic E-state index is -0.0999. The highest BCUT2D eigenvalue weighted by Crippen LogP contribution is 2.02. The van der Waals surface area contributed by atoms with Gasteiger partial charge < -0.3 is 15.3 Å². The fourth-order valence-electron chi connectivity index (χ4n) is 1.10. The minimum Gasteiger partial charge on any atom is -0.378 e. The third-order valence-electron chi connectivity index (χ3n) is 1.82. The number of hydrogen-bond acceptors (Lipinski definition) is 3. The summed E-state index contributed by atoms with van der Waals surface area (Å²) in [6.45, 7) is 0.659. The Labute approximate surface area is 80.2 Å². The van der Waals surface area contributed by atoms with Crippen LogP contribution in [0.15, 0.2) is 35.6 Å². The standard InChI is InChI=1S/C9H10N4O/c14-9-2-1-7(4-12-9)11-5-8-3-10-6-13-8/h1-4,6,11H,5H2,(H,10,13)(H,12,14). The van der Waals surface area contributed by atoms with Crippen LogP contribution in [-0.2, 0) is 6.54 Å². The number of pyridine rings is 1. The Bertz CT molecular complexity index is 426. The highest BCUT2D eigenvalue weighted by molar-refractivity contribution is 5.39. The lowest BCUT2D eigenvalue weighted by atomic mass is 10.4. The van der Waals surface area contributed by atoms with Crippen LogP contribution >= 0.6 is 0 Å². The van der Waals surface area contributed by atoms with Gasteiger partial charge in [0.2, 0.25) is 5.56 Å². The van der Waals surface area contributed by atoms with Gasteiger partial charge in [0.25, 0.3) is 0 Å². The lowest BCUT2D eigenvalue weighted by Crippen LogP contribution is -2.05. The van der Waals surface area contributed by atoms with E-state index in [1.54, 1.807) is 24.8 Å². The fourth-order valence-corrected chi connectivity index (χ4v) is 1.10. The van der Waals surface area contributed by atoms with Crippen molar-refractivity contribution < 1.29 is 0 Å². The molecule has 14 heavy (non-hydrogen) atoms. The number of aromatic nitrogens is 3. The summed E-state index contributed by atoms with van der Waals surface area (Å²) in [5.41, 5.74) is 1.77. The van der Waals surface area contributed by atoms with E-state index in [2.05, 4.69) is 20.3 Å². The molecule has 0 radical (unpaired) electrons. The molecule has 2 aromatic rings. The van der Waals surface area contributed by atoms with Crippen molar-refractivity contribution in [2.24, 2.45) is 0 Å². The molecule has 0 bridgehead atoms. The maximum Gasteiger partial charge on any atom is 0.248 e. The molecular formula is C9H10N4O. The zero-order valence-electron chi connectivity index (χ0n) is 7.45. The molecule has 0 aliphatic rings. The zero-order valence-corrected chi connectivity index (χ0v) is 7.45. The second-order valence-electron chi connectivity index (χ2n) is 2.87. The average Bonchev–Trinajstić information content (AvgIpc) is 2.70. The van der Waals surface area contributed by atoms with Gasteiger partial charge in [0.1, 0.15) is 0 Å². The topological polar surface area (TPSA) is 73.6 Å². The van der Waals surface area contributed by atoms with Gasteiger partial charge in [0.15, 0.2) is 0 Å². The molecule has 0 aliphatic heterocycles. The molecule has 0 spiro atoms. The van der Waals surface area contributed by atoms with E-state index in [-0.39, 0.29) is 5.56 Å². The predicted molar refractivity (Wildman–Crippen MR) is 53.0 cm³/mol. The molecule has 0 saturated carbocycles. The number of hydrogen-bond donors (Lipinski definition) is 3. The van der Waals surface area contributed by atoms with Gasteiger partial charge in [0, 0.05) is 18.5 Å². The van der Waals surface area contributed by atoms with Crippen LogP contribution in [0.5, 0.6) is 0 Å². The normalized spacial score (nSPS) is 10.0. The van der Waals surface area contributed by atoms with Crippen LogP contribution in [0.4, 0.5) is 5.69 Å². The van der Waals surface area contributed by atoms with Crippen molar-refractivity contribution in [3.8, 4) is 0 Å². The first-order chi connectivity index (χ1) is 6.84. The van der Waals surface area contributed by atoms with Gasteiger partial charge in [-0.3, -0.25) is 4.79 Å². The quantitative estimate of drug-likeness (QED) is 0.667. The van der Waals surface area contributed by atoms with Crippen LogP contribution < -0.4 is 10.9 Å². The van der Waals surface area contributed by atoms with Gasteiger partial charge in [0.05, 0.1) is 24.3 Å². The SMILES string of the molecule is O=c1ccc(NCc2cnc[nH]2)c[nH]1. The zero-order chi connectivity index (χ0) is 9.80. The monoisotopic (exact) mass is 190 g/mol. The predicted octanol–water partition coefficient (Wildman–Crippen LogP) is 0.710. The molecule has 0 fully saturated rings. The lowest BCUT2D eigenvalue weighted by Gasteiger charge is -2.02. The molecule has 72 valence electrons. The smallest absolute Gasteiger partial charge is 0.248 e. The molecule has 5 nitrogen and oxygen atoms in total. The van der Waals surface area contributed by atoms with Crippen molar-refractivity contribution in [3.05, 3.63) is 46.9 Å². The van der Waals surface area contributed by atoms with Crippen molar-refractivity contribution in [2.45, 2.75) is 6.54 Å². The number of imidazole rings is 1. The van der Waals surface area contributed by atoms with Crippen molar-refractivity contribution in [1.82, 2.24) is 15.0 Å². The van der Waals surface area contributed by atoms with Gasteiger partial charge in [-0.05, 0) is 6.07 Å². The van der Waals surface area contributed by atoms with Gasteiger partial charge in [-0.1, -0.05) is 0 Å². The van der Waals surface area contributed by atoms with Crippen molar-refractivity contribution >= 4 is 5.69 Å². The average molecular weight is 190 g/mol. The largest absolute Gasteiger partial charge is 0.378 e. The van der Waals surface area contributed by atoms with E-state index >= 15 is 0 Å². The van der Waals surface area contributed by atoms with Crippen LogP contribution in [0.2, 0.25) is 0 Å². The number of rotatable bonds is 3. The molecule has 0 saturated heterocycles. The molecule has 2 heterocycles. The van der Waals surface area contributed by atoms with Crippen molar-refractivity contribution in [3.63, 3.8) is 0 Å². The maximum absolute atomic E-state index is 10.8. The summed E-state index contributed by atoms with van der Waals surface area (Å²) in [7, 11) is 0. The van der Waals surface area contributed by atoms with E-state index in [9.17, 15) is 4.79 Å². The highest BCUT2D eigenvalue weighted by atomic mass is 16.1. The van der Waals surface area contributed by atoms with Gasteiger partial charge in [-0.2, -0.15) is 0 Å². The molecule has 0 unspecified atom stereocenters. The third-order valence-corrected chi connectivity index (χ3v) is 1.82. The molecule has 2 aromatic heterocycles. The Hall–Kier alpha value is -2.04. The summed E-state index contributed by atoms with van der Waals surface area (Å²) < 4.78 is 0. The lowest BCUT2D eigenvalue weighted by molar-refractivity contribution is 1.07. The Morgan fingerprint density at radius 1 is 1.36 bits per heavy atom. The van der Waals surface area contributed by atoms with Gasteiger partial charge in [-0.15, -0.1) is 0 Å². The number of H-pyrrole nitrogens is 2. The Kier molecular flexibility index (Phi) is 2.31. The van der Waals surface area contributed by atoms with E-state index in [0.29, 0.717) is 6.54 Å². The molecular weight excluding hydrogens is 180 g/mol. The van der Waals surface area contributed by atoms with E-state index in [0.717, 1.165) is 11.4 Å². The molecule has 0 atom stereocenters. The molecule has 0 aliphatic carbocycles. The summed E-state index contributed by atoms with van der Waals surface area (Å²) in [4.78, 5) is 20.2. The number of nitrogens with zero attached hydrogens (tertiary/aromatic N) is 1. The maximum atomic E-state index is 10.8. The second-order valence-corrected chi connectivity index (χ2v) is 2.87. The first-order valence-electron chi connectivity index (χ1n) is 4.24. The Balaban J connectivity index is 1.99. The highest BCUT2D eigenvalue weighted by Gasteiger charge is 1.93. The van der Waals surface area contributed by atoms with Crippen LogP contribution in [0.25, 0.3) is 0 Å². The third kappa shape index (κ3) is 2.01. The van der Waals surface area contributed by atoms with Gasteiger partial charge in [-0.25, -0.2) is 4.98 Å². The van der Waals surface area contributed by atoms with Crippen molar-refractivity contribution in [1.29, 1.82) is 0 Å². The summed E-state index contributed by atoms with van der Waals surface area (Å²) in [5, 5.41) is 3.13. The van der Waals surface area contributed by atoms with E-state index in [1.807, 2.05) is 0 Å². The van der Waals surface area contributed by atoms with Gasteiger partial charge >= 0.3 is 0 Å². The number of anilines is 1. The van der Waals surface area contributed by atoms with E-state index in [4.69, 9.17) is 0 Å². The van der Waals surface area contributed by atoms with Crippen LogP contribution in [0, 0.1) is 0 Å². The number of aromatic amines is 2. The minimum absolute atomic E-state index is 0.0999. The van der Waals surface area contributed by atoms with E-state index in [1.165, 1.54) is 6.07 Å². The second kappa shape index (κ2) is 3.78. The molecule has 0 amide bonds. The van der Waals surface area contributed by atoms with E-state index < -0.39 is 0 Å². The molecule has 5 heteroatoms. The van der Waals surface area contributed by atoms with Crippen LogP contribution in [0.1, 0.15) is 5.69 Å². The van der Waals surface area contributed by atoms with Crippen LogP contribution in [-0.4, -0.2) is 15.0 Å². The Morgan fingerprint density at radius 3 is 2.93 bits per heavy atom. The van der Waals surface area contributed by atoms with Crippen LogP contribution in [0.3, 0.4) is 0 Å². The number of nitrogens with one attached hydrogen (secondary N) is 3. The molecule has 3 N–H and O–H groups in total. The molecule has 0 aromatic carbocycles.